The van der Waals surface area contributed by atoms with Crippen molar-refractivity contribution in [3.63, 3.8) is 0 Å². The molecular formula is C78H60N4O2Pt-2. The number of furan rings is 1. The van der Waals surface area contributed by atoms with Crippen molar-refractivity contribution < 1.29 is 71.8 Å². The van der Waals surface area contributed by atoms with E-state index in [0.717, 1.165) is 27.9 Å². The minimum Gasteiger partial charge on any atom is -0.510 e. The maximum absolute atomic E-state index is 10.5. The maximum Gasteiger partial charge on any atom is 0.268 e. The smallest absolute Gasteiger partial charge is 0.268 e. The molecule has 0 unspecified atom stereocenters. The number of hydrogen-bond donors (Lipinski definition) is 0. The Morgan fingerprint density at radius 3 is 2.07 bits per heavy atom. The van der Waals surface area contributed by atoms with E-state index in [4.69, 9.17) is 30.6 Å². The Morgan fingerprint density at radius 2 is 1.28 bits per heavy atom. The van der Waals surface area contributed by atoms with E-state index < -0.39 is 156 Å². The molecule has 0 saturated heterocycles. The predicted octanol–water partition coefficient (Wildman–Crippen LogP) is 19.8. The van der Waals surface area contributed by atoms with Gasteiger partial charge in [0.1, 0.15) is 17.0 Å². The maximum atomic E-state index is 10.5. The summed E-state index contributed by atoms with van der Waals surface area (Å²) in [5.74, 6) is 0.797. The van der Waals surface area contributed by atoms with E-state index in [9.17, 15) is 20.6 Å². The zero-order valence-electron chi connectivity index (χ0n) is 72.3. The van der Waals surface area contributed by atoms with Crippen LogP contribution in [-0.4, -0.2) is 14.1 Å². The van der Waals surface area contributed by atoms with Gasteiger partial charge in [0.05, 0.1) is 31.8 Å². The average molecular weight is 1310 g/mol. The van der Waals surface area contributed by atoms with Crippen molar-refractivity contribution in [2.75, 3.05) is 0 Å². The van der Waals surface area contributed by atoms with E-state index in [0.29, 0.717) is 44.4 Å². The van der Waals surface area contributed by atoms with E-state index >= 15 is 0 Å². The van der Waals surface area contributed by atoms with Crippen LogP contribution in [0.2, 0.25) is 0 Å². The summed E-state index contributed by atoms with van der Waals surface area (Å²) in [7, 11) is 0. The molecule has 0 radical (unpaired) electrons. The van der Waals surface area contributed by atoms with Crippen LogP contribution in [0.1, 0.15) is 115 Å². The SMILES string of the molecule is [2H]c1c([2H])c([2H])c2c(c1[2H])-c1cccc(-c3ccc4oc5ccccc5c4c3)c1-[n+]1[c-]n(-c3[c-]c(Oc4[c-]c5c(cc4)c4ccccc4n5-c4cc(C(C)(C)C)ccn4)ccc3)c3cc(-c4c([2H])c([2H])c5c(c4[2H])C(C([2H])([2H])[2H])(C([2H])([2H])[2H])C([2H])([2H])C([2H])([2H])C5(C([2H])([2H])[2H])C([2H])([2H])[2H])cc(c31)-c1c([2H])c([2H])c([2H])c([2H])c1-2.[Pt]. The molecule has 2 aliphatic rings. The van der Waals surface area contributed by atoms with Crippen LogP contribution in [-0.2, 0) is 37.3 Å². The Hall–Kier alpha value is -9.09. The molecule has 0 N–H and O–H groups in total. The van der Waals surface area contributed by atoms with Crippen molar-refractivity contribution in [3.8, 4) is 84.3 Å². The fraction of sp³-hybridized carbons (Fsp3) is 0.154. The molecule has 416 valence electrons. The molecule has 0 saturated carbocycles. The van der Waals surface area contributed by atoms with Gasteiger partial charge in [0.2, 0.25) is 0 Å². The van der Waals surface area contributed by atoms with Gasteiger partial charge >= 0.3 is 0 Å². The number of rotatable bonds is 6. The third-order valence-electron chi connectivity index (χ3n) is 15.8. The van der Waals surface area contributed by atoms with E-state index in [1.54, 1.807) is 72.9 Å². The van der Waals surface area contributed by atoms with Gasteiger partial charge in [0.25, 0.3) is 6.33 Å². The summed E-state index contributed by atoms with van der Waals surface area (Å²) in [5, 5.41) is 3.04. The number of pyridine rings is 1. The molecule has 0 amide bonds. The molecule has 0 fully saturated rings. The molecule has 4 aromatic heterocycles. The number of fused-ring (bicyclic) bond motifs is 14. The van der Waals surface area contributed by atoms with Crippen LogP contribution in [0.25, 0.3) is 128 Å². The Morgan fingerprint density at radius 1 is 0.588 bits per heavy atom. The van der Waals surface area contributed by atoms with Crippen LogP contribution >= 0.6 is 0 Å². The molecule has 7 heteroatoms. The molecule has 0 spiro atoms. The van der Waals surface area contributed by atoms with Crippen LogP contribution in [0.15, 0.2) is 217 Å². The van der Waals surface area contributed by atoms with Crippen LogP contribution in [0.4, 0.5) is 0 Å². The van der Waals surface area contributed by atoms with Crippen molar-refractivity contribution in [1.29, 1.82) is 0 Å². The van der Waals surface area contributed by atoms with Gasteiger partial charge < -0.3 is 18.3 Å². The van der Waals surface area contributed by atoms with Crippen molar-refractivity contribution in [1.82, 2.24) is 14.1 Å². The number of para-hydroxylation sites is 3. The van der Waals surface area contributed by atoms with Gasteiger partial charge in [-0.1, -0.05) is 187 Å². The van der Waals surface area contributed by atoms with Gasteiger partial charge in [-0.15, -0.1) is 29.7 Å². The third-order valence-corrected chi connectivity index (χ3v) is 15.8. The van der Waals surface area contributed by atoms with E-state index in [1.165, 1.54) is 15.2 Å². The third kappa shape index (κ3) is 8.46. The topological polar surface area (TPSA) is 49.0 Å². The number of hydrogen-bond acceptors (Lipinski definition) is 3. The van der Waals surface area contributed by atoms with Crippen molar-refractivity contribution in [2.45, 2.75) is 77.2 Å². The zero-order chi connectivity index (χ0) is 80.0. The van der Waals surface area contributed by atoms with Crippen LogP contribution < -0.4 is 9.30 Å². The van der Waals surface area contributed by atoms with Crippen LogP contribution in [0, 0.1) is 18.5 Å². The van der Waals surface area contributed by atoms with E-state index in [-0.39, 0.29) is 77.1 Å². The second-order valence-electron chi connectivity index (χ2n) is 22.0. The normalized spacial score (nSPS) is 20.4. The Bertz CT molecular complexity index is 6390. The number of nitrogens with zero attached hydrogens (tertiary/aromatic N) is 4. The molecule has 16 rings (SSSR count). The van der Waals surface area contributed by atoms with Gasteiger partial charge in [0, 0.05) is 77.0 Å². The molecule has 1 aliphatic heterocycles. The second-order valence-corrected chi connectivity index (χ2v) is 22.0. The van der Waals surface area contributed by atoms with Crippen molar-refractivity contribution >= 4 is 54.8 Å². The molecule has 85 heavy (non-hydrogen) atoms. The molecule has 0 atom stereocenters. The summed E-state index contributed by atoms with van der Waals surface area (Å²) in [5.41, 5.74) is -12.6. The molecule has 6 nitrogen and oxygen atoms in total. The van der Waals surface area contributed by atoms with Gasteiger partial charge in [0.15, 0.2) is 0 Å². The van der Waals surface area contributed by atoms with E-state index in [1.807, 2.05) is 65.2 Å². The first-order chi connectivity index (χ1) is 51.9. The van der Waals surface area contributed by atoms with Gasteiger partial charge in [-0.25, -0.2) is 4.98 Å². The molecule has 10 aromatic carbocycles. The van der Waals surface area contributed by atoms with Crippen LogP contribution in [0.3, 0.4) is 0 Å². The minimum absolute atomic E-state index is 0. The Balaban J connectivity index is 0.00000992. The summed E-state index contributed by atoms with van der Waals surface area (Å²) in [6, 6.07) is 35.3. The van der Waals surface area contributed by atoms with Gasteiger partial charge in [-0.3, -0.25) is 4.57 Å². The first kappa shape index (κ1) is 31.2. The fourth-order valence-corrected chi connectivity index (χ4v) is 11.8. The summed E-state index contributed by atoms with van der Waals surface area (Å²) in [6.45, 7) is -11.4. The average Bonchev–Trinajstić information content (AvgIpc) is 0.674. The second kappa shape index (κ2) is 19.5. The summed E-state index contributed by atoms with van der Waals surface area (Å²) in [4.78, 5) is 4.82. The summed E-state index contributed by atoms with van der Waals surface area (Å²) >= 11 is 0. The minimum atomic E-state index is -4.70. The summed E-state index contributed by atoms with van der Waals surface area (Å²) in [6.07, 6.45) is -4.19. The predicted molar refractivity (Wildman–Crippen MR) is 342 cm³/mol. The monoisotopic (exact) mass is 1310 g/mol. The molecule has 1 aliphatic carbocycles. The number of benzene rings is 10. The number of imidazole rings is 1. The summed E-state index contributed by atoms with van der Waals surface area (Å²) < 4.78 is 273. The first-order valence-electron chi connectivity index (χ1n) is 40.5. The van der Waals surface area contributed by atoms with Crippen LogP contribution in [0.5, 0.6) is 11.5 Å². The molecule has 5 heterocycles. The number of ether oxygens (including phenoxy) is 1. The Labute approximate surface area is 547 Å². The largest absolute Gasteiger partial charge is 0.510 e. The fourth-order valence-electron chi connectivity index (χ4n) is 11.8. The standard InChI is InChI=1S/C78H60N4O2.Pt/c1-76(2,3)51-36-39-79-73(44-51)82-68-28-14-12-24-60(68)61-33-32-54(46-69(61)82)83-53-19-16-18-52(45-53)80-47-81-74-55(49-31-35-72-64(40-49)62-25-13-15-29-71(62)84-72)26-17-27-63(74)58-22-10-8-20-56(58)57-21-9-11-23-59(57)65-41-50(43-70(80)75(65)81)48-30-34-66-67(42-48)78(6,7)38-37-77(66,4)5;/h8-36,39-44H,37-38H2,1-7H3;/q-2;/i4D3,5D3,6D3,7D3,8D,9D,10D,11D,20D,21D,22D,23D,30D,34D,37D2,38D2,42D;. The number of aromatic nitrogens is 4. The molecule has 0 bridgehead atoms. The van der Waals surface area contributed by atoms with E-state index in [2.05, 4.69) is 39.2 Å². The quantitative estimate of drug-likeness (QED) is 0.123. The van der Waals surface area contributed by atoms with Crippen molar-refractivity contribution in [3.05, 3.63) is 247 Å². The Kier molecular flexibility index (Phi) is 7.14. The zero-order valence-corrected chi connectivity index (χ0v) is 47.6. The van der Waals surface area contributed by atoms with Crippen molar-refractivity contribution in [2.24, 2.45) is 0 Å². The first-order valence-corrected chi connectivity index (χ1v) is 27.0. The van der Waals surface area contributed by atoms with Gasteiger partial charge in [-0.05, 0) is 155 Å². The molecular weight excluding hydrogens is 1220 g/mol. The van der Waals surface area contributed by atoms with Gasteiger partial charge in [-0.2, -0.15) is 18.2 Å². The molecule has 14 aromatic rings.